The van der Waals surface area contributed by atoms with E-state index in [1.807, 2.05) is 6.07 Å². The van der Waals surface area contributed by atoms with E-state index in [0.29, 0.717) is 0 Å². The number of methoxy groups -OCH3 is 2. The Morgan fingerprint density at radius 2 is 1.25 bits per heavy atom. The van der Waals surface area contributed by atoms with E-state index in [2.05, 4.69) is 47.9 Å². The van der Waals surface area contributed by atoms with E-state index < -0.39 is 0 Å². The van der Waals surface area contributed by atoms with Crippen LogP contribution in [-0.4, -0.2) is 23.8 Å². The first kappa shape index (κ1) is 28.1. The van der Waals surface area contributed by atoms with Crippen LogP contribution in [0.15, 0.2) is 42.5 Å². The van der Waals surface area contributed by atoms with Crippen LogP contribution in [0.1, 0.15) is 108 Å². The van der Waals surface area contributed by atoms with E-state index in [0.717, 1.165) is 35.8 Å². The number of nitrogens with zero attached hydrogens (tertiary/aromatic N) is 2. The molecule has 4 nitrogen and oxygen atoms in total. The quantitative estimate of drug-likeness (QED) is 0.157. The lowest BCUT2D eigenvalue weighted by Crippen LogP contribution is -2.05. The van der Waals surface area contributed by atoms with Gasteiger partial charge in [-0.3, -0.25) is 0 Å². The van der Waals surface area contributed by atoms with Gasteiger partial charge in [0.25, 0.3) is 0 Å². The molecule has 0 fully saturated rings. The Hall–Kier alpha value is -2.49. The summed E-state index contributed by atoms with van der Waals surface area (Å²) in [4.78, 5) is 4.98. The maximum absolute atomic E-state index is 5.51. The molecule has 0 aliphatic carbocycles. The third-order valence-electron chi connectivity index (χ3n) is 7.28. The minimum absolute atomic E-state index is 0.761. The molecule has 0 aliphatic rings. The highest BCUT2D eigenvalue weighted by Gasteiger charge is 2.12. The number of rotatable bonds is 19. The first-order valence-electron chi connectivity index (χ1n) is 14.4. The van der Waals surface area contributed by atoms with Crippen molar-refractivity contribution in [1.82, 2.24) is 9.55 Å². The summed E-state index contributed by atoms with van der Waals surface area (Å²) in [5, 5.41) is 0. The average Bonchev–Trinajstić information content (AvgIpc) is 3.25. The standard InChI is InChI=1S/C32H48N2O2/c1-4-5-6-7-8-9-10-11-12-13-14-15-16-19-24-34-29-21-18-17-20-28(29)33-32(34)26-27-22-23-30(35-2)31(25-27)36-3/h17-18,20-23,25H,4-16,19,24,26H2,1-3H3. The number of aryl methyl sites for hydroxylation is 1. The fourth-order valence-electron chi connectivity index (χ4n) is 5.15. The van der Waals surface area contributed by atoms with Gasteiger partial charge in [-0.1, -0.05) is 109 Å². The van der Waals surface area contributed by atoms with Crippen LogP contribution in [0.5, 0.6) is 11.5 Å². The van der Waals surface area contributed by atoms with E-state index in [-0.39, 0.29) is 0 Å². The van der Waals surface area contributed by atoms with Crippen molar-refractivity contribution in [2.24, 2.45) is 0 Å². The number of para-hydroxylation sites is 2. The second-order valence-corrected chi connectivity index (χ2v) is 10.1. The summed E-state index contributed by atoms with van der Waals surface area (Å²) < 4.78 is 13.3. The van der Waals surface area contributed by atoms with Crippen LogP contribution in [0.2, 0.25) is 0 Å². The molecule has 1 heterocycles. The van der Waals surface area contributed by atoms with Crippen molar-refractivity contribution in [2.75, 3.05) is 14.2 Å². The lowest BCUT2D eigenvalue weighted by Gasteiger charge is -2.12. The third kappa shape index (κ3) is 8.87. The first-order chi connectivity index (χ1) is 17.8. The fraction of sp³-hybridized carbons (Fsp3) is 0.594. The first-order valence-corrected chi connectivity index (χ1v) is 14.4. The molecule has 0 spiro atoms. The van der Waals surface area contributed by atoms with E-state index in [1.54, 1.807) is 14.2 Å². The van der Waals surface area contributed by atoms with Gasteiger partial charge in [0, 0.05) is 13.0 Å². The molecule has 0 atom stereocenters. The predicted octanol–water partition coefficient (Wildman–Crippen LogP) is 9.13. The van der Waals surface area contributed by atoms with Gasteiger partial charge in [-0.2, -0.15) is 0 Å². The highest BCUT2D eigenvalue weighted by molar-refractivity contribution is 5.76. The molecule has 0 saturated heterocycles. The number of ether oxygens (including phenoxy) is 2. The summed E-state index contributed by atoms with van der Waals surface area (Å²) in [6.07, 6.45) is 20.2. The van der Waals surface area contributed by atoms with Crippen LogP contribution in [0.4, 0.5) is 0 Å². The molecule has 198 valence electrons. The number of aromatic nitrogens is 2. The van der Waals surface area contributed by atoms with Gasteiger partial charge in [0.2, 0.25) is 0 Å². The van der Waals surface area contributed by atoms with E-state index in [9.17, 15) is 0 Å². The van der Waals surface area contributed by atoms with Crippen molar-refractivity contribution in [3.8, 4) is 11.5 Å². The molecule has 0 saturated carbocycles. The number of benzene rings is 2. The molecule has 3 aromatic rings. The SMILES string of the molecule is CCCCCCCCCCCCCCCCn1c(Cc2ccc(OC)c(OC)c2)nc2ccccc21. The summed E-state index contributed by atoms with van der Waals surface area (Å²) in [5.74, 6) is 2.65. The van der Waals surface area contributed by atoms with Gasteiger partial charge >= 0.3 is 0 Å². The summed E-state index contributed by atoms with van der Waals surface area (Å²) in [6.45, 7) is 3.32. The molecular weight excluding hydrogens is 444 g/mol. The number of hydrogen-bond acceptors (Lipinski definition) is 3. The Labute approximate surface area is 219 Å². The summed E-state index contributed by atoms with van der Waals surface area (Å²) in [5.41, 5.74) is 3.51. The Morgan fingerprint density at radius 3 is 1.86 bits per heavy atom. The topological polar surface area (TPSA) is 36.3 Å². The smallest absolute Gasteiger partial charge is 0.161 e. The van der Waals surface area contributed by atoms with Crippen molar-refractivity contribution in [1.29, 1.82) is 0 Å². The summed E-state index contributed by atoms with van der Waals surface area (Å²) >= 11 is 0. The lowest BCUT2D eigenvalue weighted by atomic mass is 10.0. The van der Waals surface area contributed by atoms with Crippen molar-refractivity contribution >= 4 is 11.0 Å². The minimum atomic E-state index is 0.761. The third-order valence-corrected chi connectivity index (χ3v) is 7.28. The van der Waals surface area contributed by atoms with E-state index in [1.165, 1.54) is 101 Å². The molecule has 0 aliphatic heterocycles. The molecule has 36 heavy (non-hydrogen) atoms. The van der Waals surface area contributed by atoms with E-state index >= 15 is 0 Å². The molecular formula is C32H48N2O2. The van der Waals surface area contributed by atoms with Crippen molar-refractivity contribution < 1.29 is 9.47 Å². The number of imidazole rings is 1. The number of hydrogen-bond donors (Lipinski definition) is 0. The maximum atomic E-state index is 5.51. The number of unbranched alkanes of at least 4 members (excludes halogenated alkanes) is 13. The van der Waals surface area contributed by atoms with Gasteiger partial charge < -0.3 is 14.0 Å². The number of fused-ring (bicyclic) bond motifs is 1. The largest absolute Gasteiger partial charge is 0.493 e. The van der Waals surface area contributed by atoms with Gasteiger partial charge in [-0.05, 0) is 36.2 Å². The van der Waals surface area contributed by atoms with Gasteiger partial charge in [-0.25, -0.2) is 4.98 Å². The summed E-state index contributed by atoms with van der Waals surface area (Å²) in [7, 11) is 3.36. The molecule has 0 N–H and O–H groups in total. The molecule has 0 unspecified atom stereocenters. The summed E-state index contributed by atoms with van der Waals surface area (Å²) in [6, 6.07) is 14.7. The molecule has 0 bridgehead atoms. The normalized spacial score (nSPS) is 11.3. The monoisotopic (exact) mass is 492 g/mol. The second kappa shape index (κ2) is 16.3. The molecule has 3 rings (SSSR count). The molecule has 0 amide bonds. The van der Waals surface area contributed by atoms with Crippen LogP contribution in [0.3, 0.4) is 0 Å². The molecule has 1 aromatic heterocycles. The second-order valence-electron chi connectivity index (χ2n) is 10.1. The Balaban J connectivity index is 1.41. The Morgan fingerprint density at radius 1 is 0.667 bits per heavy atom. The van der Waals surface area contributed by atoms with Gasteiger partial charge in [0.15, 0.2) is 11.5 Å². The van der Waals surface area contributed by atoms with Crippen LogP contribution < -0.4 is 9.47 Å². The van der Waals surface area contributed by atoms with Crippen LogP contribution >= 0.6 is 0 Å². The highest BCUT2D eigenvalue weighted by atomic mass is 16.5. The molecule has 4 heteroatoms. The van der Waals surface area contributed by atoms with Crippen molar-refractivity contribution in [2.45, 2.75) is 110 Å². The van der Waals surface area contributed by atoms with Gasteiger partial charge in [0.05, 0.1) is 25.3 Å². The zero-order valence-electron chi connectivity index (χ0n) is 23.1. The highest BCUT2D eigenvalue weighted by Crippen LogP contribution is 2.29. The molecule has 2 aromatic carbocycles. The lowest BCUT2D eigenvalue weighted by molar-refractivity contribution is 0.354. The van der Waals surface area contributed by atoms with Gasteiger partial charge in [0.1, 0.15) is 5.82 Å². The van der Waals surface area contributed by atoms with Gasteiger partial charge in [-0.15, -0.1) is 0 Å². The zero-order chi connectivity index (χ0) is 25.4. The van der Waals surface area contributed by atoms with Crippen LogP contribution in [-0.2, 0) is 13.0 Å². The molecule has 0 radical (unpaired) electrons. The van der Waals surface area contributed by atoms with Crippen molar-refractivity contribution in [3.63, 3.8) is 0 Å². The van der Waals surface area contributed by atoms with Crippen LogP contribution in [0.25, 0.3) is 11.0 Å². The van der Waals surface area contributed by atoms with Crippen molar-refractivity contribution in [3.05, 3.63) is 53.9 Å². The average molecular weight is 493 g/mol. The predicted molar refractivity (Wildman–Crippen MR) is 152 cm³/mol. The Bertz CT molecular complexity index is 1010. The van der Waals surface area contributed by atoms with Crippen LogP contribution in [0, 0.1) is 0 Å². The Kier molecular flexibility index (Phi) is 12.7. The van der Waals surface area contributed by atoms with E-state index in [4.69, 9.17) is 14.5 Å². The maximum Gasteiger partial charge on any atom is 0.161 e. The minimum Gasteiger partial charge on any atom is -0.493 e. The zero-order valence-corrected chi connectivity index (χ0v) is 23.1. The fourth-order valence-corrected chi connectivity index (χ4v) is 5.15.